The molecule has 0 aliphatic rings. The van der Waals surface area contributed by atoms with Crippen LogP contribution >= 0.6 is 34.8 Å². The summed E-state index contributed by atoms with van der Waals surface area (Å²) in [5.74, 6) is 0.227. The first-order valence-electron chi connectivity index (χ1n) is 9.06. The predicted octanol–water partition coefficient (Wildman–Crippen LogP) is 4.91. The van der Waals surface area contributed by atoms with Crippen molar-refractivity contribution >= 4 is 46.7 Å². The van der Waals surface area contributed by atoms with E-state index in [2.05, 4.69) is 5.32 Å². The van der Waals surface area contributed by atoms with Gasteiger partial charge in [0.25, 0.3) is 5.91 Å². The molecular weight excluding hydrogens is 437 g/mol. The van der Waals surface area contributed by atoms with Gasteiger partial charge in [0.05, 0.1) is 29.3 Å². The lowest BCUT2D eigenvalue weighted by Crippen LogP contribution is -2.43. The van der Waals surface area contributed by atoms with Gasteiger partial charge in [0.2, 0.25) is 0 Å². The number of methoxy groups -OCH3 is 1. The molecule has 0 aliphatic carbocycles. The summed E-state index contributed by atoms with van der Waals surface area (Å²) in [5.41, 5.74) is 0.949. The van der Waals surface area contributed by atoms with E-state index >= 15 is 0 Å². The minimum Gasteiger partial charge on any atom is -0.494 e. The molecular formula is C21H22Cl3NO4. The molecule has 1 atom stereocenters. The first-order chi connectivity index (χ1) is 14.0. The first kappa shape index (κ1) is 23.3. The molecule has 0 spiro atoms. The molecule has 0 aromatic heterocycles. The standard InChI is InChI=1S/C21H22Cl3NO4/c1-28-21(27)18(25-20(26)19-16(23)5-4-6-17(19)24)13-14-7-9-15(10-8-14)29-12-3-2-11-22/h4-10,18H,2-3,11-13H2,1H3,(H,25,26)/t18-/m0/s1. The summed E-state index contributed by atoms with van der Waals surface area (Å²) in [4.78, 5) is 24.8. The third-order valence-electron chi connectivity index (χ3n) is 4.14. The maximum absolute atomic E-state index is 12.6. The largest absolute Gasteiger partial charge is 0.494 e. The molecule has 0 aliphatic heterocycles. The van der Waals surface area contributed by atoms with Crippen LogP contribution in [0.1, 0.15) is 28.8 Å². The van der Waals surface area contributed by atoms with Crippen LogP contribution in [-0.2, 0) is 16.0 Å². The van der Waals surface area contributed by atoms with Crippen molar-refractivity contribution in [3.05, 3.63) is 63.6 Å². The number of rotatable bonds is 10. The molecule has 1 amide bonds. The van der Waals surface area contributed by atoms with Gasteiger partial charge in [-0.25, -0.2) is 4.79 Å². The van der Waals surface area contributed by atoms with E-state index in [9.17, 15) is 9.59 Å². The van der Waals surface area contributed by atoms with E-state index < -0.39 is 17.9 Å². The van der Waals surface area contributed by atoms with Gasteiger partial charge in [-0.2, -0.15) is 0 Å². The van der Waals surface area contributed by atoms with Crippen molar-refractivity contribution in [3.8, 4) is 5.75 Å². The summed E-state index contributed by atoms with van der Waals surface area (Å²) in [7, 11) is 1.27. The molecule has 8 heteroatoms. The quantitative estimate of drug-likeness (QED) is 0.312. The summed E-state index contributed by atoms with van der Waals surface area (Å²) >= 11 is 17.8. The number of amides is 1. The average molecular weight is 459 g/mol. The fraction of sp³-hybridized carbons (Fsp3) is 0.333. The number of benzene rings is 2. The zero-order valence-electron chi connectivity index (χ0n) is 15.9. The summed E-state index contributed by atoms with van der Waals surface area (Å²) in [6, 6.07) is 11.2. The smallest absolute Gasteiger partial charge is 0.328 e. The lowest BCUT2D eigenvalue weighted by molar-refractivity contribution is -0.142. The van der Waals surface area contributed by atoms with Crippen molar-refractivity contribution < 1.29 is 19.1 Å². The molecule has 0 fully saturated rings. The molecule has 5 nitrogen and oxygen atoms in total. The monoisotopic (exact) mass is 457 g/mol. The zero-order chi connectivity index (χ0) is 21.2. The second-order valence-electron chi connectivity index (χ2n) is 6.24. The Balaban J connectivity index is 2.05. The average Bonchev–Trinajstić information content (AvgIpc) is 2.71. The van der Waals surface area contributed by atoms with Crippen molar-refractivity contribution in [3.63, 3.8) is 0 Å². The number of carbonyl (C=O) groups is 2. The molecule has 0 heterocycles. The van der Waals surface area contributed by atoms with Crippen LogP contribution in [0.4, 0.5) is 0 Å². The maximum Gasteiger partial charge on any atom is 0.328 e. The fourth-order valence-corrected chi connectivity index (χ4v) is 3.38. The van der Waals surface area contributed by atoms with Crippen LogP contribution in [0.5, 0.6) is 5.75 Å². The van der Waals surface area contributed by atoms with Crippen LogP contribution in [0.3, 0.4) is 0 Å². The Morgan fingerprint density at radius 2 is 1.69 bits per heavy atom. The molecule has 0 unspecified atom stereocenters. The molecule has 2 aromatic carbocycles. The van der Waals surface area contributed by atoms with Gasteiger partial charge in [-0.1, -0.05) is 41.4 Å². The second-order valence-corrected chi connectivity index (χ2v) is 7.43. The van der Waals surface area contributed by atoms with Crippen molar-refractivity contribution in [1.29, 1.82) is 0 Å². The van der Waals surface area contributed by atoms with E-state index in [1.54, 1.807) is 18.2 Å². The summed E-state index contributed by atoms with van der Waals surface area (Å²) in [6.07, 6.45) is 2.02. The third-order valence-corrected chi connectivity index (χ3v) is 5.04. The number of carbonyl (C=O) groups excluding carboxylic acids is 2. The van der Waals surface area contributed by atoms with Gasteiger partial charge in [0.1, 0.15) is 11.8 Å². The Hall–Kier alpha value is -1.95. The molecule has 1 N–H and O–H groups in total. The van der Waals surface area contributed by atoms with Crippen molar-refractivity contribution in [2.45, 2.75) is 25.3 Å². The highest BCUT2D eigenvalue weighted by atomic mass is 35.5. The Kier molecular flexibility index (Phi) is 9.58. The lowest BCUT2D eigenvalue weighted by Gasteiger charge is -2.18. The van der Waals surface area contributed by atoms with E-state index in [4.69, 9.17) is 44.3 Å². The van der Waals surface area contributed by atoms with E-state index in [1.165, 1.54) is 7.11 Å². The van der Waals surface area contributed by atoms with Crippen molar-refractivity contribution in [1.82, 2.24) is 5.32 Å². The van der Waals surface area contributed by atoms with Gasteiger partial charge in [-0.15, -0.1) is 11.6 Å². The summed E-state index contributed by atoms with van der Waals surface area (Å²) in [5, 5.41) is 3.06. The number of alkyl halides is 1. The van der Waals surface area contributed by atoms with Crippen LogP contribution in [-0.4, -0.2) is 37.5 Å². The predicted molar refractivity (Wildman–Crippen MR) is 115 cm³/mol. The fourth-order valence-electron chi connectivity index (χ4n) is 2.62. The number of hydrogen-bond donors (Lipinski definition) is 1. The van der Waals surface area contributed by atoms with E-state index in [-0.39, 0.29) is 22.0 Å². The van der Waals surface area contributed by atoms with Crippen molar-refractivity contribution in [2.75, 3.05) is 19.6 Å². The Morgan fingerprint density at radius 1 is 1.03 bits per heavy atom. The van der Waals surface area contributed by atoms with Crippen LogP contribution < -0.4 is 10.1 Å². The Labute approximate surface area is 185 Å². The second kappa shape index (κ2) is 11.9. The van der Waals surface area contributed by atoms with Gasteiger partial charge in [0, 0.05) is 12.3 Å². The molecule has 0 bridgehead atoms. The minimum atomic E-state index is -0.893. The van der Waals surface area contributed by atoms with E-state index in [1.807, 2.05) is 24.3 Å². The normalized spacial score (nSPS) is 11.6. The Bertz CT molecular complexity index is 807. The number of nitrogens with one attached hydrogen (secondary N) is 1. The highest BCUT2D eigenvalue weighted by Crippen LogP contribution is 2.24. The topological polar surface area (TPSA) is 64.6 Å². The summed E-state index contributed by atoms with van der Waals surface area (Å²) < 4.78 is 10.5. The van der Waals surface area contributed by atoms with Gasteiger partial charge in [0.15, 0.2) is 0 Å². The highest BCUT2D eigenvalue weighted by molar-refractivity contribution is 6.39. The number of halogens is 3. The van der Waals surface area contributed by atoms with E-state index in [0.29, 0.717) is 12.5 Å². The van der Waals surface area contributed by atoms with Gasteiger partial charge < -0.3 is 14.8 Å². The van der Waals surface area contributed by atoms with Crippen LogP contribution in [0, 0.1) is 0 Å². The molecule has 0 radical (unpaired) electrons. The molecule has 0 saturated heterocycles. The van der Waals surface area contributed by atoms with Crippen LogP contribution in [0.2, 0.25) is 10.0 Å². The molecule has 156 valence electrons. The van der Waals surface area contributed by atoms with Gasteiger partial charge >= 0.3 is 5.97 Å². The minimum absolute atomic E-state index is 0.116. The number of esters is 1. The molecule has 2 aromatic rings. The number of hydrogen-bond acceptors (Lipinski definition) is 4. The molecule has 29 heavy (non-hydrogen) atoms. The number of unbranched alkanes of at least 4 members (excludes halogenated alkanes) is 1. The lowest BCUT2D eigenvalue weighted by atomic mass is 10.0. The van der Waals surface area contributed by atoms with Crippen LogP contribution in [0.25, 0.3) is 0 Å². The molecule has 0 saturated carbocycles. The van der Waals surface area contributed by atoms with E-state index in [0.717, 1.165) is 24.2 Å². The highest BCUT2D eigenvalue weighted by Gasteiger charge is 2.24. The summed E-state index contributed by atoms with van der Waals surface area (Å²) in [6.45, 7) is 0.589. The van der Waals surface area contributed by atoms with Crippen molar-refractivity contribution in [2.24, 2.45) is 0 Å². The third kappa shape index (κ3) is 7.11. The maximum atomic E-state index is 12.6. The Morgan fingerprint density at radius 3 is 2.28 bits per heavy atom. The zero-order valence-corrected chi connectivity index (χ0v) is 18.2. The van der Waals surface area contributed by atoms with Gasteiger partial charge in [-0.05, 0) is 42.7 Å². The SMILES string of the molecule is COC(=O)[C@H](Cc1ccc(OCCCCCl)cc1)NC(=O)c1c(Cl)cccc1Cl. The number of ether oxygens (including phenoxy) is 2. The molecule has 2 rings (SSSR count). The van der Waals surface area contributed by atoms with Gasteiger partial charge in [-0.3, -0.25) is 4.79 Å². The first-order valence-corrected chi connectivity index (χ1v) is 10.4. The van der Waals surface area contributed by atoms with Crippen LogP contribution in [0.15, 0.2) is 42.5 Å².